The van der Waals surface area contributed by atoms with Crippen molar-refractivity contribution >= 4 is 28.3 Å². The van der Waals surface area contributed by atoms with E-state index in [-0.39, 0.29) is 18.1 Å². The minimum atomic E-state index is -0.338. The second kappa shape index (κ2) is 8.15. The van der Waals surface area contributed by atoms with E-state index in [2.05, 4.69) is 35.7 Å². The van der Waals surface area contributed by atoms with Gasteiger partial charge < -0.3 is 15.2 Å². The Morgan fingerprint density at radius 2 is 1.83 bits per heavy atom. The number of rotatable bonds is 6. The van der Waals surface area contributed by atoms with Gasteiger partial charge in [0, 0.05) is 22.3 Å². The molecule has 4 aromatic rings. The van der Waals surface area contributed by atoms with Crippen LogP contribution < -0.4 is 10.6 Å². The maximum Gasteiger partial charge on any atom is 0.271 e. The fraction of sp³-hybridized carbons (Fsp3) is 0.158. The van der Waals surface area contributed by atoms with Crippen LogP contribution in [0.2, 0.25) is 0 Å². The largest absolute Gasteiger partial charge is 0.342 e. The topological polar surface area (TPSA) is 119 Å². The van der Waals surface area contributed by atoms with E-state index in [4.69, 9.17) is 4.52 Å². The highest BCUT2D eigenvalue weighted by Gasteiger charge is 2.14. The van der Waals surface area contributed by atoms with Gasteiger partial charge in [-0.2, -0.15) is 4.98 Å². The number of benzene rings is 1. The highest BCUT2D eigenvalue weighted by molar-refractivity contribution is 7.14. The van der Waals surface area contributed by atoms with Gasteiger partial charge in [0.05, 0.1) is 6.54 Å². The Bertz CT molecular complexity index is 1120. The first-order valence-corrected chi connectivity index (χ1v) is 9.66. The van der Waals surface area contributed by atoms with Crippen molar-refractivity contribution in [1.29, 1.82) is 0 Å². The summed E-state index contributed by atoms with van der Waals surface area (Å²) in [6.07, 6.45) is 0. The van der Waals surface area contributed by atoms with Gasteiger partial charge in [-0.1, -0.05) is 35.5 Å². The lowest BCUT2D eigenvalue weighted by Crippen LogP contribution is -2.23. The quantitative estimate of drug-likeness (QED) is 0.500. The van der Waals surface area contributed by atoms with Gasteiger partial charge in [0.25, 0.3) is 5.91 Å². The van der Waals surface area contributed by atoms with E-state index in [0.717, 1.165) is 17.0 Å². The predicted octanol–water partition coefficient (Wildman–Crippen LogP) is 3.27. The summed E-state index contributed by atoms with van der Waals surface area (Å²) in [6.45, 7) is 3.89. The lowest BCUT2D eigenvalue weighted by atomic mass is 10.2. The van der Waals surface area contributed by atoms with Gasteiger partial charge in [0.1, 0.15) is 5.69 Å². The number of hydrogen-bond donors (Lipinski definition) is 2. The molecule has 9 nitrogen and oxygen atoms in total. The first kappa shape index (κ1) is 18.7. The van der Waals surface area contributed by atoms with Crippen molar-refractivity contribution in [1.82, 2.24) is 30.4 Å². The van der Waals surface area contributed by atoms with Gasteiger partial charge in [0.2, 0.25) is 17.7 Å². The summed E-state index contributed by atoms with van der Waals surface area (Å²) in [5.74, 6) is 0.899. The van der Waals surface area contributed by atoms with Crippen molar-refractivity contribution in [3.8, 4) is 11.4 Å². The molecule has 0 radical (unpaired) electrons. The Morgan fingerprint density at radius 1 is 1.07 bits per heavy atom. The van der Waals surface area contributed by atoms with Crippen LogP contribution in [0.25, 0.3) is 11.4 Å². The van der Waals surface area contributed by atoms with Gasteiger partial charge in [0.15, 0.2) is 5.13 Å². The molecule has 3 heterocycles. The van der Waals surface area contributed by atoms with Crippen LogP contribution in [0.1, 0.15) is 27.8 Å². The van der Waals surface area contributed by atoms with Crippen molar-refractivity contribution in [2.24, 2.45) is 0 Å². The zero-order valence-electron chi connectivity index (χ0n) is 15.7. The number of aryl methyl sites for hydroxylation is 2. The van der Waals surface area contributed by atoms with Crippen LogP contribution >= 0.6 is 11.3 Å². The van der Waals surface area contributed by atoms with Gasteiger partial charge in [-0.15, -0.1) is 11.3 Å². The van der Waals surface area contributed by atoms with Crippen LogP contribution in [0.4, 0.5) is 11.1 Å². The van der Waals surface area contributed by atoms with E-state index in [9.17, 15) is 4.79 Å². The number of carbonyl (C=O) groups excluding carboxylic acids is 1. The molecule has 10 heteroatoms. The normalized spacial score (nSPS) is 10.7. The van der Waals surface area contributed by atoms with Crippen LogP contribution in [0.3, 0.4) is 0 Å². The van der Waals surface area contributed by atoms with Crippen molar-refractivity contribution in [3.63, 3.8) is 0 Å². The highest BCUT2D eigenvalue weighted by atomic mass is 32.1. The molecule has 4 rings (SSSR count). The van der Waals surface area contributed by atoms with Gasteiger partial charge >= 0.3 is 0 Å². The molecular formula is C19H17N7O2S. The number of carbonyl (C=O) groups is 1. The molecule has 0 spiro atoms. The van der Waals surface area contributed by atoms with Crippen molar-refractivity contribution in [2.75, 3.05) is 5.32 Å². The van der Waals surface area contributed by atoms with Crippen molar-refractivity contribution in [2.45, 2.75) is 20.4 Å². The van der Waals surface area contributed by atoms with E-state index >= 15 is 0 Å². The fourth-order valence-corrected chi connectivity index (χ4v) is 3.27. The van der Waals surface area contributed by atoms with Gasteiger partial charge in [-0.3, -0.25) is 4.79 Å². The number of hydrogen-bond acceptors (Lipinski definition) is 9. The Labute approximate surface area is 170 Å². The summed E-state index contributed by atoms with van der Waals surface area (Å²) >= 11 is 1.29. The number of anilines is 2. The van der Waals surface area contributed by atoms with Crippen LogP contribution in [-0.4, -0.2) is 31.0 Å². The molecule has 0 aliphatic heterocycles. The maximum atomic E-state index is 12.4. The number of nitrogens with one attached hydrogen (secondary N) is 2. The van der Waals surface area contributed by atoms with Crippen LogP contribution in [0.15, 0.2) is 46.3 Å². The summed E-state index contributed by atoms with van der Waals surface area (Å²) in [4.78, 5) is 29.5. The monoisotopic (exact) mass is 407 g/mol. The van der Waals surface area contributed by atoms with E-state index in [1.54, 1.807) is 5.38 Å². The zero-order valence-corrected chi connectivity index (χ0v) is 16.5. The molecule has 146 valence electrons. The summed E-state index contributed by atoms with van der Waals surface area (Å²) in [5.41, 5.74) is 2.83. The molecule has 0 saturated carbocycles. The van der Waals surface area contributed by atoms with Crippen molar-refractivity contribution in [3.05, 3.63) is 64.8 Å². The summed E-state index contributed by atoms with van der Waals surface area (Å²) < 4.78 is 5.19. The first-order chi connectivity index (χ1) is 14.1. The van der Waals surface area contributed by atoms with Gasteiger partial charge in [-0.05, 0) is 19.9 Å². The lowest BCUT2D eigenvalue weighted by Gasteiger charge is -2.03. The van der Waals surface area contributed by atoms with Crippen LogP contribution in [0, 0.1) is 13.8 Å². The average Bonchev–Trinajstić information content (AvgIpc) is 3.36. The number of aromatic nitrogens is 5. The Balaban J connectivity index is 1.36. The second-order valence-electron chi connectivity index (χ2n) is 6.20. The molecule has 0 bridgehead atoms. The minimum absolute atomic E-state index is 0.110. The molecule has 3 aromatic heterocycles. The van der Waals surface area contributed by atoms with Gasteiger partial charge in [-0.25, -0.2) is 15.0 Å². The molecule has 0 atom stereocenters. The number of thiazole rings is 1. The molecule has 29 heavy (non-hydrogen) atoms. The van der Waals surface area contributed by atoms with Crippen molar-refractivity contribution < 1.29 is 9.32 Å². The average molecular weight is 407 g/mol. The standard InChI is InChI=1S/C19H17N7O2S/c1-11-8-12(2)22-18(21-11)25-19-23-14(10-29-19)17(27)20-9-15-24-16(26-28-15)13-6-4-3-5-7-13/h3-8,10H,9H2,1-2H3,(H,20,27)(H,21,22,23,25). The second-order valence-corrected chi connectivity index (χ2v) is 7.06. The maximum absolute atomic E-state index is 12.4. The van der Waals surface area contributed by atoms with E-state index in [1.165, 1.54) is 11.3 Å². The third-order valence-corrected chi connectivity index (χ3v) is 4.60. The smallest absolute Gasteiger partial charge is 0.271 e. The number of nitrogens with zero attached hydrogens (tertiary/aromatic N) is 5. The molecule has 1 amide bonds. The number of amides is 1. The third-order valence-electron chi connectivity index (χ3n) is 3.84. The third kappa shape index (κ3) is 4.61. The molecular weight excluding hydrogens is 390 g/mol. The Morgan fingerprint density at radius 3 is 2.59 bits per heavy atom. The van der Waals surface area contributed by atoms with E-state index < -0.39 is 0 Å². The predicted molar refractivity (Wildman–Crippen MR) is 108 cm³/mol. The SMILES string of the molecule is Cc1cc(C)nc(Nc2nc(C(=O)NCc3nc(-c4ccccc4)no3)cs2)n1. The van der Waals surface area contributed by atoms with E-state index in [0.29, 0.717) is 22.8 Å². The molecule has 1 aromatic carbocycles. The molecule has 2 N–H and O–H groups in total. The summed E-state index contributed by atoms with van der Waals surface area (Å²) in [6, 6.07) is 11.3. The first-order valence-electron chi connectivity index (χ1n) is 8.78. The Kier molecular flexibility index (Phi) is 5.25. The lowest BCUT2D eigenvalue weighted by molar-refractivity contribution is 0.0942. The fourth-order valence-electron chi connectivity index (χ4n) is 2.59. The van der Waals surface area contributed by atoms with Crippen LogP contribution in [-0.2, 0) is 6.54 Å². The van der Waals surface area contributed by atoms with Crippen LogP contribution in [0.5, 0.6) is 0 Å². The van der Waals surface area contributed by atoms with E-state index in [1.807, 2.05) is 50.2 Å². The summed E-state index contributed by atoms with van der Waals surface area (Å²) in [5, 5.41) is 11.9. The zero-order chi connectivity index (χ0) is 20.2. The molecule has 0 aliphatic rings. The molecule has 0 aliphatic carbocycles. The molecule has 0 unspecified atom stereocenters. The molecule has 0 saturated heterocycles. The Hall–Kier alpha value is -3.66. The molecule has 0 fully saturated rings. The highest BCUT2D eigenvalue weighted by Crippen LogP contribution is 2.19. The summed E-state index contributed by atoms with van der Waals surface area (Å²) in [7, 11) is 0. The minimum Gasteiger partial charge on any atom is -0.342 e.